The van der Waals surface area contributed by atoms with E-state index in [9.17, 15) is 5.26 Å². The van der Waals surface area contributed by atoms with Crippen LogP contribution in [0.25, 0.3) is 23.8 Å². The quantitative estimate of drug-likeness (QED) is 0.396. The third-order valence-corrected chi connectivity index (χ3v) is 3.99. The van der Waals surface area contributed by atoms with Crippen LogP contribution >= 0.6 is 0 Å². The largest absolute Gasteiger partial charge is 0.399 e. The van der Waals surface area contributed by atoms with Gasteiger partial charge in [0, 0.05) is 11.4 Å². The fourth-order valence-corrected chi connectivity index (χ4v) is 2.51. The first kappa shape index (κ1) is 17.1. The van der Waals surface area contributed by atoms with Gasteiger partial charge in [0.1, 0.15) is 0 Å². The maximum Gasteiger partial charge on any atom is 0.0998 e. The SMILES string of the molecule is N#CC(=Cc1ccc(C=Cc2ccc(N)cc2)cc1)c1ccc(N)cc1. The standard InChI is InChI=1S/C23H19N3/c24-16-21(20-9-13-23(26)14-10-20)15-19-5-3-17(4-6-19)1-2-18-7-11-22(25)12-8-18/h1-15H,25-26H2. The van der Waals surface area contributed by atoms with Crippen LogP contribution in [0.15, 0.2) is 72.8 Å². The number of nitrogens with two attached hydrogens (primary N) is 2. The molecule has 3 nitrogen and oxygen atoms in total. The Labute approximate surface area is 153 Å². The van der Waals surface area contributed by atoms with E-state index in [0.717, 1.165) is 27.9 Å². The van der Waals surface area contributed by atoms with Gasteiger partial charge in [-0.25, -0.2) is 0 Å². The molecule has 0 fully saturated rings. The van der Waals surface area contributed by atoms with Crippen molar-refractivity contribution in [3.05, 3.63) is 95.1 Å². The van der Waals surface area contributed by atoms with Gasteiger partial charge in [0.2, 0.25) is 0 Å². The van der Waals surface area contributed by atoms with Crippen molar-refractivity contribution in [2.45, 2.75) is 0 Å². The van der Waals surface area contributed by atoms with Gasteiger partial charge in [-0.15, -0.1) is 0 Å². The molecule has 3 aromatic carbocycles. The van der Waals surface area contributed by atoms with Gasteiger partial charge in [-0.1, -0.05) is 60.7 Å². The molecule has 0 saturated carbocycles. The highest BCUT2D eigenvalue weighted by molar-refractivity contribution is 5.90. The van der Waals surface area contributed by atoms with Crippen LogP contribution in [-0.4, -0.2) is 0 Å². The van der Waals surface area contributed by atoms with Crippen LogP contribution in [0.3, 0.4) is 0 Å². The highest BCUT2D eigenvalue weighted by atomic mass is 14.5. The van der Waals surface area contributed by atoms with Gasteiger partial charge in [-0.2, -0.15) is 5.26 Å². The minimum Gasteiger partial charge on any atom is -0.399 e. The second-order valence-electron chi connectivity index (χ2n) is 5.96. The van der Waals surface area contributed by atoms with Crippen molar-refractivity contribution in [1.29, 1.82) is 5.26 Å². The monoisotopic (exact) mass is 337 g/mol. The van der Waals surface area contributed by atoms with Crippen molar-refractivity contribution in [2.75, 3.05) is 11.5 Å². The Morgan fingerprint density at radius 1 is 0.654 bits per heavy atom. The number of allylic oxidation sites excluding steroid dienone is 1. The number of hydrogen-bond acceptors (Lipinski definition) is 3. The zero-order chi connectivity index (χ0) is 18.4. The molecule has 0 aliphatic rings. The predicted octanol–water partition coefficient (Wildman–Crippen LogP) is 5.09. The van der Waals surface area contributed by atoms with Crippen molar-refractivity contribution in [3.63, 3.8) is 0 Å². The van der Waals surface area contributed by atoms with Gasteiger partial charge < -0.3 is 11.5 Å². The van der Waals surface area contributed by atoms with E-state index in [1.54, 1.807) is 12.1 Å². The van der Waals surface area contributed by atoms with E-state index in [-0.39, 0.29) is 0 Å². The Balaban J connectivity index is 1.77. The van der Waals surface area contributed by atoms with Crippen molar-refractivity contribution < 1.29 is 0 Å². The van der Waals surface area contributed by atoms with Crippen LogP contribution in [-0.2, 0) is 0 Å². The number of rotatable bonds is 4. The zero-order valence-corrected chi connectivity index (χ0v) is 14.3. The number of nitrogen functional groups attached to an aromatic ring is 2. The molecule has 126 valence electrons. The molecule has 3 heteroatoms. The summed E-state index contributed by atoms with van der Waals surface area (Å²) in [6.07, 6.45) is 5.96. The van der Waals surface area contributed by atoms with Crippen molar-refractivity contribution in [1.82, 2.24) is 0 Å². The summed E-state index contributed by atoms with van der Waals surface area (Å²) in [5.41, 5.74) is 17.5. The lowest BCUT2D eigenvalue weighted by molar-refractivity contribution is 1.52. The van der Waals surface area contributed by atoms with Crippen LogP contribution < -0.4 is 11.5 Å². The van der Waals surface area contributed by atoms with Crippen LogP contribution in [0.4, 0.5) is 11.4 Å². The van der Waals surface area contributed by atoms with Crippen molar-refractivity contribution in [3.8, 4) is 6.07 Å². The number of hydrogen-bond donors (Lipinski definition) is 2. The normalized spacial score (nSPS) is 11.4. The molecule has 4 N–H and O–H groups in total. The fourth-order valence-electron chi connectivity index (χ4n) is 2.51. The van der Waals surface area contributed by atoms with Crippen molar-refractivity contribution >= 4 is 35.2 Å². The van der Waals surface area contributed by atoms with Gasteiger partial charge in [-0.05, 0) is 52.6 Å². The Morgan fingerprint density at radius 2 is 1.08 bits per heavy atom. The van der Waals surface area contributed by atoms with Crippen LogP contribution in [0.1, 0.15) is 22.3 Å². The lowest BCUT2D eigenvalue weighted by Crippen LogP contribution is -1.86. The van der Waals surface area contributed by atoms with E-state index in [0.29, 0.717) is 11.3 Å². The lowest BCUT2D eigenvalue weighted by Gasteiger charge is -2.01. The van der Waals surface area contributed by atoms with Crippen LogP contribution in [0, 0.1) is 11.3 Å². The molecule has 26 heavy (non-hydrogen) atoms. The Morgan fingerprint density at radius 3 is 1.58 bits per heavy atom. The number of anilines is 2. The molecule has 0 atom stereocenters. The molecule has 0 unspecified atom stereocenters. The topological polar surface area (TPSA) is 75.8 Å². The zero-order valence-electron chi connectivity index (χ0n) is 14.3. The first-order chi connectivity index (χ1) is 12.6. The maximum absolute atomic E-state index is 9.42. The third kappa shape index (κ3) is 4.40. The predicted molar refractivity (Wildman–Crippen MR) is 111 cm³/mol. The molecule has 0 aliphatic carbocycles. The summed E-state index contributed by atoms with van der Waals surface area (Å²) in [5, 5.41) is 9.42. The summed E-state index contributed by atoms with van der Waals surface area (Å²) < 4.78 is 0. The van der Waals surface area contributed by atoms with Gasteiger partial charge >= 0.3 is 0 Å². The summed E-state index contributed by atoms with van der Waals surface area (Å²) in [6.45, 7) is 0. The molecule has 0 spiro atoms. The van der Waals surface area contributed by atoms with Gasteiger partial charge in [0.25, 0.3) is 0 Å². The van der Waals surface area contributed by atoms with Gasteiger partial charge in [0.05, 0.1) is 11.6 Å². The molecule has 3 aromatic rings. The second-order valence-corrected chi connectivity index (χ2v) is 5.96. The Kier molecular flexibility index (Phi) is 5.16. The molecule has 3 rings (SSSR count). The third-order valence-electron chi connectivity index (χ3n) is 3.99. The molecule has 0 heterocycles. The summed E-state index contributed by atoms with van der Waals surface area (Å²) in [7, 11) is 0. The van der Waals surface area contributed by atoms with E-state index in [1.165, 1.54) is 0 Å². The number of benzene rings is 3. The molecule has 0 aliphatic heterocycles. The second kappa shape index (κ2) is 7.87. The van der Waals surface area contributed by atoms with E-state index in [4.69, 9.17) is 11.5 Å². The molecule has 0 radical (unpaired) electrons. The fraction of sp³-hybridized carbons (Fsp3) is 0. The Hall–Kier alpha value is -3.77. The highest BCUT2D eigenvalue weighted by Gasteiger charge is 2.01. The molecule has 0 bridgehead atoms. The number of nitriles is 1. The molecule has 0 aromatic heterocycles. The van der Waals surface area contributed by atoms with E-state index in [2.05, 4.69) is 6.07 Å². The summed E-state index contributed by atoms with van der Waals surface area (Å²) in [4.78, 5) is 0. The minimum atomic E-state index is 0.607. The first-order valence-electron chi connectivity index (χ1n) is 8.25. The van der Waals surface area contributed by atoms with Crippen LogP contribution in [0.5, 0.6) is 0 Å². The number of nitrogens with zero attached hydrogens (tertiary/aromatic N) is 1. The van der Waals surface area contributed by atoms with Crippen LogP contribution in [0.2, 0.25) is 0 Å². The molecular weight excluding hydrogens is 318 g/mol. The van der Waals surface area contributed by atoms with Crippen molar-refractivity contribution in [2.24, 2.45) is 0 Å². The average Bonchev–Trinajstić information content (AvgIpc) is 2.67. The van der Waals surface area contributed by atoms with E-state index >= 15 is 0 Å². The Bertz CT molecular complexity index is 972. The molecular formula is C23H19N3. The van der Waals surface area contributed by atoms with E-state index in [1.807, 2.05) is 78.9 Å². The average molecular weight is 337 g/mol. The minimum absolute atomic E-state index is 0.607. The summed E-state index contributed by atoms with van der Waals surface area (Å²) in [6, 6.07) is 25.3. The lowest BCUT2D eigenvalue weighted by atomic mass is 10.0. The molecule has 0 saturated heterocycles. The summed E-state index contributed by atoms with van der Waals surface area (Å²) in [5.74, 6) is 0. The summed E-state index contributed by atoms with van der Waals surface area (Å²) >= 11 is 0. The molecule has 0 amide bonds. The van der Waals surface area contributed by atoms with Gasteiger partial charge in [-0.3, -0.25) is 0 Å². The smallest absolute Gasteiger partial charge is 0.0998 e. The van der Waals surface area contributed by atoms with Gasteiger partial charge in [0.15, 0.2) is 0 Å². The van der Waals surface area contributed by atoms with E-state index < -0.39 is 0 Å². The maximum atomic E-state index is 9.42. The first-order valence-corrected chi connectivity index (χ1v) is 8.25. The highest BCUT2D eigenvalue weighted by Crippen LogP contribution is 2.20.